The van der Waals surface area contributed by atoms with Crippen LogP contribution in [0, 0.1) is 0 Å². The van der Waals surface area contributed by atoms with Crippen molar-refractivity contribution in [1.82, 2.24) is 19.9 Å². The van der Waals surface area contributed by atoms with Gasteiger partial charge >= 0.3 is 6.09 Å². The number of piperazine rings is 1. The number of carbonyl (C=O) groups is 1. The number of aromatic nitrogens is 3. The van der Waals surface area contributed by atoms with Gasteiger partial charge in [0.25, 0.3) is 0 Å². The van der Waals surface area contributed by atoms with Crippen molar-refractivity contribution in [3.8, 4) is 0 Å². The molecule has 25 heavy (non-hydrogen) atoms. The molecule has 0 saturated carbocycles. The lowest BCUT2D eigenvalue weighted by Gasteiger charge is -2.36. The second kappa shape index (κ2) is 6.80. The normalized spacial score (nSPS) is 15.6. The number of carbonyl (C=O) groups excluding carboxylic acids is 1. The molecule has 0 atom stereocenters. The number of pyridine rings is 1. The highest BCUT2D eigenvalue weighted by Crippen LogP contribution is 2.27. The van der Waals surface area contributed by atoms with Crippen molar-refractivity contribution < 1.29 is 9.53 Å². The Morgan fingerprint density at radius 2 is 1.84 bits per heavy atom. The zero-order chi connectivity index (χ0) is 18.2. The van der Waals surface area contributed by atoms with Crippen molar-refractivity contribution in [1.29, 1.82) is 0 Å². The zero-order valence-corrected chi connectivity index (χ0v) is 15.8. The molecule has 2 aromatic heterocycles. The van der Waals surface area contributed by atoms with E-state index in [1.54, 1.807) is 17.2 Å². The summed E-state index contributed by atoms with van der Waals surface area (Å²) in [6.07, 6.45) is 1.34. The molecule has 0 spiro atoms. The van der Waals surface area contributed by atoms with E-state index in [0.29, 0.717) is 42.7 Å². The molecule has 1 saturated heterocycles. The molecule has 3 heterocycles. The first kappa shape index (κ1) is 17.9. The molecular formula is C16H19Cl2N5O2. The van der Waals surface area contributed by atoms with Crippen LogP contribution in [0.3, 0.4) is 0 Å². The fourth-order valence-electron chi connectivity index (χ4n) is 2.63. The van der Waals surface area contributed by atoms with Crippen molar-refractivity contribution in [3.05, 3.63) is 22.7 Å². The van der Waals surface area contributed by atoms with Gasteiger partial charge in [0.2, 0.25) is 5.28 Å². The standard InChI is InChI=1S/C16H19Cl2N5O2/c1-16(2,3)25-15(24)23-6-4-22(5-7-23)13-10-9-19-12(17)8-11(10)20-14(18)21-13/h8-9H,4-7H2,1-3H3. The molecule has 134 valence electrons. The summed E-state index contributed by atoms with van der Waals surface area (Å²) in [6, 6.07) is 1.66. The molecule has 0 aliphatic carbocycles. The number of hydrogen-bond donors (Lipinski definition) is 0. The summed E-state index contributed by atoms with van der Waals surface area (Å²) in [6.45, 7) is 7.88. The molecule has 7 nitrogen and oxygen atoms in total. The lowest BCUT2D eigenvalue weighted by atomic mass is 10.2. The molecule has 1 aliphatic rings. The van der Waals surface area contributed by atoms with E-state index in [4.69, 9.17) is 27.9 Å². The van der Waals surface area contributed by atoms with E-state index >= 15 is 0 Å². The first-order chi connectivity index (χ1) is 11.7. The van der Waals surface area contributed by atoms with E-state index in [9.17, 15) is 4.79 Å². The van der Waals surface area contributed by atoms with Crippen molar-refractivity contribution in [2.24, 2.45) is 0 Å². The van der Waals surface area contributed by atoms with Crippen LogP contribution in [0.15, 0.2) is 12.3 Å². The molecule has 1 amide bonds. The Kier molecular flexibility index (Phi) is 4.88. The summed E-state index contributed by atoms with van der Waals surface area (Å²) in [7, 11) is 0. The number of hydrogen-bond acceptors (Lipinski definition) is 6. The van der Waals surface area contributed by atoms with Gasteiger partial charge in [-0.15, -0.1) is 0 Å². The van der Waals surface area contributed by atoms with Crippen LogP contribution in [-0.4, -0.2) is 57.7 Å². The number of nitrogens with zero attached hydrogens (tertiary/aromatic N) is 5. The zero-order valence-electron chi connectivity index (χ0n) is 14.3. The first-order valence-electron chi connectivity index (χ1n) is 7.94. The molecule has 1 fully saturated rings. The van der Waals surface area contributed by atoms with Gasteiger partial charge in [-0.25, -0.2) is 14.8 Å². The molecular weight excluding hydrogens is 365 g/mol. The smallest absolute Gasteiger partial charge is 0.410 e. The Morgan fingerprint density at radius 1 is 1.16 bits per heavy atom. The predicted octanol–water partition coefficient (Wildman–Crippen LogP) is 3.39. The van der Waals surface area contributed by atoms with Gasteiger partial charge in [0, 0.05) is 38.4 Å². The Labute approximate surface area is 155 Å². The molecule has 0 aromatic carbocycles. The molecule has 0 unspecified atom stereocenters. The van der Waals surface area contributed by atoms with E-state index in [-0.39, 0.29) is 11.4 Å². The monoisotopic (exact) mass is 383 g/mol. The van der Waals surface area contributed by atoms with Crippen molar-refractivity contribution >= 4 is 46.0 Å². The first-order valence-corrected chi connectivity index (χ1v) is 8.70. The second-order valence-corrected chi connectivity index (χ2v) is 7.52. The summed E-state index contributed by atoms with van der Waals surface area (Å²) in [4.78, 5) is 28.6. The van der Waals surface area contributed by atoms with Crippen LogP contribution >= 0.6 is 23.2 Å². The third-order valence-electron chi connectivity index (χ3n) is 3.73. The van der Waals surface area contributed by atoms with Gasteiger partial charge in [0.15, 0.2) is 0 Å². The Hall–Kier alpha value is -1.86. The molecule has 0 radical (unpaired) electrons. The Bertz CT molecular complexity index is 796. The van der Waals surface area contributed by atoms with Gasteiger partial charge in [-0.1, -0.05) is 11.6 Å². The van der Waals surface area contributed by atoms with Crippen LogP contribution in [0.4, 0.5) is 10.6 Å². The quantitative estimate of drug-likeness (QED) is 0.555. The van der Waals surface area contributed by atoms with Crippen molar-refractivity contribution in [3.63, 3.8) is 0 Å². The van der Waals surface area contributed by atoms with Crippen LogP contribution in [0.5, 0.6) is 0 Å². The van der Waals surface area contributed by atoms with Crippen molar-refractivity contribution in [2.75, 3.05) is 31.1 Å². The maximum atomic E-state index is 12.2. The summed E-state index contributed by atoms with van der Waals surface area (Å²) in [5.41, 5.74) is 0.139. The molecule has 3 rings (SSSR count). The highest BCUT2D eigenvalue weighted by Gasteiger charge is 2.27. The van der Waals surface area contributed by atoms with Crippen molar-refractivity contribution in [2.45, 2.75) is 26.4 Å². The minimum absolute atomic E-state index is 0.152. The topological polar surface area (TPSA) is 71.5 Å². The minimum Gasteiger partial charge on any atom is -0.444 e. The average Bonchev–Trinajstić information content (AvgIpc) is 2.52. The minimum atomic E-state index is -0.504. The summed E-state index contributed by atoms with van der Waals surface area (Å²) in [5.74, 6) is 0.697. The largest absolute Gasteiger partial charge is 0.444 e. The second-order valence-electron chi connectivity index (χ2n) is 6.79. The van der Waals surface area contributed by atoms with E-state index in [0.717, 1.165) is 5.39 Å². The fourth-order valence-corrected chi connectivity index (χ4v) is 2.95. The van der Waals surface area contributed by atoms with Crippen LogP contribution in [0.25, 0.3) is 10.9 Å². The maximum Gasteiger partial charge on any atom is 0.410 e. The maximum absolute atomic E-state index is 12.2. The molecule has 1 aliphatic heterocycles. The van der Waals surface area contributed by atoms with Gasteiger partial charge in [-0.2, -0.15) is 4.98 Å². The van der Waals surface area contributed by atoms with E-state index < -0.39 is 5.60 Å². The Morgan fingerprint density at radius 3 is 2.48 bits per heavy atom. The van der Waals surface area contributed by atoms with Gasteiger partial charge < -0.3 is 14.5 Å². The fraction of sp³-hybridized carbons (Fsp3) is 0.500. The Balaban J connectivity index is 1.77. The number of rotatable bonds is 1. The van der Waals surface area contributed by atoms with E-state index in [1.807, 2.05) is 20.8 Å². The van der Waals surface area contributed by atoms with E-state index in [1.165, 1.54) is 0 Å². The molecule has 9 heteroatoms. The number of fused-ring (bicyclic) bond motifs is 1. The molecule has 0 N–H and O–H groups in total. The third-order valence-corrected chi connectivity index (χ3v) is 4.11. The number of halogens is 2. The van der Waals surface area contributed by atoms with Gasteiger partial charge in [-0.3, -0.25) is 0 Å². The molecule has 0 bridgehead atoms. The van der Waals surface area contributed by atoms with Crippen LogP contribution in [0.1, 0.15) is 20.8 Å². The summed E-state index contributed by atoms with van der Waals surface area (Å²) < 4.78 is 5.42. The van der Waals surface area contributed by atoms with Crippen LogP contribution in [-0.2, 0) is 4.74 Å². The summed E-state index contributed by atoms with van der Waals surface area (Å²) >= 11 is 12.0. The SMILES string of the molecule is CC(C)(C)OC(=O)N1CCN(c2nc(Cl)nc3cc(Cl)ncc23)CC1. The lowest BCUT2D eigenvalue weighted by Crippen LogP contribution is -2.50. The average molecular weight is 384 g/mol. The highest BCUT2D eigenvalue weighted by atomic mass is 35.5. The highest BCUT2D eigenvalue weighted by molar-refractivity contribution is 6.30. The van der Waals surface area contributed by atoms with Gasteiger partial charge in [0.1, 0.15) is 16.6 Å². The number of anilines is 1. The third kappa shape index (κ3) is 4.22. The van der Waals surface area contributed by atoms with Crippen LogP contribution < -0.4 is 4.90 Å². The lowest BCUT2D eigenvalue weighted by molar-refractivity contribution is 0.0240. The van der Waals surface area contributed by atoms with Gasteiger partial charge in [-0.05, 0) is 32.4 Å². The van der Waals surface area contributed by atoms with Gasteiger partial charge in [0.05, 0.1) is 10.9 Å². The van der Waals surface area contributed by atoms with E-state index in [2.05, 4.69) is 19.9 Å². The number of amides is 1. The molecule has 2 aromatic rings. The summed E-state index contributed by atoms with van der Waals surface area (Å²) in [5, 5.41) is 1.28. The predicted molar refractivity (Wildman–Crippen MR) is 97.4 cm³/mol. The number of ether oxygens (including phenoxy) is 1. The van der Waals surface area contributed by atoms with Crippen LogP contribution in [0.2, 0.25) is 10.4 Å².